The van der Waals surface area contributed by atoms with Gasteiger partial charge in [0.25, 0.3) is 5.69 Å². The maximum atomic E-state index is 10.9. The van der Waals surface area contributed by atoms with Crippen LogP contribution < -0.4 is 4.90 Å². The largest absolute Gasteiger partial charge is 0.329 e. The SMILES string of the molecule is CC.Cc1cccc(N(C)c2nc(Cl)nc3cc([N+](=O)[O-])ccc23)c1. The standard InChI is InChI=1S/C16H13ClN4O2.C2H6/c1-10-4-3-5-11(8-10)20(2)15-13-7-6-12(21(22)23)9-14(13)18-16(17)19-15;1-2/h3-9H,1-2H3;1-2H3. The molecule has 0 atom stereocenters. The van der Waals surface area contributed by atoms with Crippen molar-refractivity contribution in [2.24, 2.45) is 0 Å². The van der Waals surface area contributed by atoms with Gasteiger partial charge < -0.3 is 4.90 Å². The third-order valence-electron chi connectivity index (χ3n) is 3.55. The number of rotatable bonds is 3. The molecule has 0 saturated carbocycles. The minimum absolute atomic E-state index is 0.0311. The molecular weight excluding hydrogens is 340 g/mol. The molecule has 2 aromatic carbocycles. The smallest absolute Gasteiger partial charge is 0.271 e. The van der Waals surface area contributed by atoms with Crippen LogP contribution in [0.25, 0.3) is 10.9 Å². The summed E-state index contributed by atoms with van der Waals surface area (Å²) in [7, 11) is 1.87. The van der Waals surface area contributed by atoms with Crippen LogP contribution in [0.2, 0.25) is 5.28 Å². The number of nitro groups is 1. The lowest BCUT2D eigenvalue weighted by molar-refractivity contribution is -0.384. The maximum absolute atomic E-state index is 10.9. The van der Waals surface area contributed by atoms with Gasteiger partial charge in [-0.25, -0.2) is 4.98 Å². The molecule has 1 heterocycles. The van der Waals surface area contributed by atoms with E-state index >= 15 is 0 Å². The molecule has 3 rings (SSSR count). The van der Waals surface area contributed by atoms with E-state index in [9.17, 15) is 10.1 Å². The van der Waals surface area contributed by atoms with Gasteiger partial charge in [0.05, 0.1) is 10.4 Å². The Balaban J connectivity index is 0.00000109. The third kappa shape index (κ3) is 4.03. The van der Waals surface area contributed by atoms with Crippen molar-refractivity contribution in [2.45, 2.75) is 20.8 Å². The maximum Gasteiger partial charge on any atom is 0.271 e. The summed E-state index contributed by atoms with van der Waals surface area (Å²) in [4.78, 5) is 20.7. The molecule has 0 bridgehead atoms. The highest BCUT2D eigenvalue weighted by molar-refractivity contribution is 6.28. The quantitative estimate of drug-likeness (QED) is 0.361. The minimum atomic E-state index is -0.459. The summed E-state index contributed by atoms with van der Waals surface area (Å²) in [5, 5.41) is 11.7. The molecule has 0 radical (unpaired) electrons. The van der Waals surface area contributed by atoms with Gasteiger partial charge in [0.2, 0.25) is 5.28 Å². The molecule has 0 aliphatic carbocycles. The van der Waals surface area contributed by atoms with Crippen molar-refractivity contribution in [2.75, 3.05) is 11.9 Å². The lowest BCUT2D eigenvalue weighted by Crippen LogP contribution is -2.12. The number of hydrogen-bond acceptors (Lipinski definition) is 5. The van der Waals surface area contributed by atoms with Crippen molar-refractivity contribution in [3.05, 3.63) is 63.4 Å². The first-order chi connectivity index (χ1) is 12.0. The lowest BCUT2D eigenvalue weighted by atomic mass is 10.2. The van der Waals surface area contributed by atoms with Crippen LogP contribution in [0.1, 0.15) is 19.4 Å². The van der Waals surface area contributed by atoms with Gasteiger partial charge in [0.15, 0.2) is 0 Å². The van der Waals surface area contributed by atoms with Gasteiger partial charge in [0, 0.05) is 30.3 Å². The van der Waals surface area contributed by atoms with Gasteiger partial charge >= 0.3 is 0 Å². The van der Waals surface area contributed by atoms with Crippen LogP contribution in [0.3, 0.4) is 0 Å². The molecule has 1 aromatic heterocycles. The van der Waals surface area contributed by atoms with Gasteiger partial charge in [-0.1, -0.05) is 26.0 Å². The second-order valence-electron chi connectivity index (χ2n) is 5.17. The number of nitro benzene ring substituents is 1. The second-order valence-corrected chi connectivity index (χ2v) is 5.51. The van der Waals surface area contributed by atoms with Crippen molar-refractivity contribution in [3.8, 4) is 0 Å². The van der Waals surface area contributed by atoms with Gasteiger partial charge in [-0.3, -0.25) is 10.1 Å². The summed E-state index contributed by atoms with van der Waals surface area (Å²) in [5.41, 5.74) is 2.47. The van der Waals surface area contributed by atoms with E-state index in [2.05, 4.69) is 9.97 Å². The molecule has 6 nitrogen and oxygen atoms in total. The van der Waals surface area contributed by atoms with Gasteiger partial charge in [0.1, 0.15) is 5.82 Å². The summed E-state index contributed by atoms with van der Waals surface area (Å²) in [6.45, 7) is 6.01. The Morgan fingerprint density at radius 3 is 2.48 bits per heavy atom. The van der Waals surface area contributed by atoms with E-state index in [0.717, 1.165) is 11.3 Å². The first-order valence-electron chi connectivity index (χ1n) is 7.88. The molecule has 25 heavy (non-hydrogen) atoms. The number of anilines is 2. The third-order valence-corrected chi connectivity index (χ3v) is 3.72. The van der Waals surface area contributed by atoms with Crippen LogP contribution in [0.4, 0.5) is 17.2 Å². The normalized spacial score (nSPS) is 10.1. The molecule has 0 aliphatic rings. The predicted molar refractivity (Wildman–Crippen MR) is 102 cm³/mol. The number of benzene rings is 2. The first kappa shape index (κ1) is 18.6. The number of nitrogens with zero attached hydrogens (tertiary/aromatic N) is 4. The van der Waals surface area contributed by atoms with Gasteiger partial charge in [-0.2, -0.15) is 4.98 Å². The summed E-state index contributed by atoms with van der Waals surface area (Å²) >= 11 is 6.00. The van der Waals surface area contributed by atoms with Gasteiger partial charge in [-0.05, 0) is 42.3 Å². The summed E-state index contributed by atoms with van der Waals surface area (Å²) in [6, 6.07) is 12.4. The molecule has 130 valence electrons. The monoisotopic (exact) mass is 358 g/mol. The van der Waals surface area contributed by atoms with E-state index in [0.29, 0.717) is 16.7 Å². The first-order valence-corrected chi connectivity index (χ1v) is 8.25. The number of aryl methyl sites for hydroxylation is 1. The summed E-state index contributed by atoms with van der Waals surface area (Å²) in [6.07, 6.45) is 0. The Bertz CT molecular complexity index is 915. The van der Waals surface area contributed by atoms with E-state index in [1.807, 2.05) is 57.0 Å². The second kappa shape index (κ2) is 7.90. The average Bonchev–Trinajstić information content (AvgIpc) is 2.61. The van der Waals surface area contributed by atoms with Crippen molar-refractivity contribution in [1.29, 1.82) is 0 Å². The molecule has 3 aromatic rings. The van der Waals surface area contributed by atoms with Crippen LogP contribution in [0.5, 0.6) is 0 Å². The fourth-order valence-electron chi connectivity index (χ4n) is 2.40. The molecule has 0 aliphatic heterocycles. The summed E-state index contributed by atoms with van der Waals surface area (Å²) in [5.74, 6) is 0.598. The predicted octanol–water partition coefficient (Wildman–Crippen LogP) is 5.29. The molecule has 0 spiro atoms. The van der Waals surface area contributed by atoms with Crippen molar-refractivity contribution in [3.63, 3.8) is 0 Å². The van der Waals surface area contributed by atoms with E-state index in [1.165, 1.54) is 12.1 Å². The molecule has 0 saturated heterocycles. The lowest BCUT2D eigenvalue weighted by Gasteiger charge is -2.20. The van der Waals surface area contributed by atoms with Gasteiger partial charge in [-0.15, -0.1) is 0 Å². The number of halogens is 1. The Morgan fingerprint density at radius 1 is 1.12 bits per heavy atom. The van der Waals surface area contributed by atoms with Crippen LogP contribution in [0, 0.1) is 17.0 Å². The molecule has 0 unspecified atom stereocenters. The highest BCUT2D eigenvalue weighted by Crippen LogP contribution is 2.31. The topological polar surface area (TPSA) is 72.2 Å². The van der Waals surface area contributed by atoms with Crippen LogP contribution >= 0.6 is 11.6 Å². The Morgan fingerprint density at radius 2 is 1.84 bits per heavy atom. The molecule has 7 heteroatoms. The molecule has 0 N–H and O–H groups in total. The minimum Gasteiger partial charge on any atom is -0.329 e. The Hall–Kier alpha value is -2.73. The van der Waals surface area contributed by atoms with E-state index in [4.69, 9.17) is 11.6 Å². The zero-order valence-corrected chi connectivity index (χ0v) is 15.3. The zero-order chi connectivity index (χ0) is 18.6. The Kier molecular flexibility index (Phi) is 5.88. The molecule has 0 fully saturated rings. The number of non-ortho nitro benzene ring substituents is 1. The van der Waals surface area contributed by atoms with E-state index in [-0.39, 0.29) is 11.0 Å². The van der Waals surface area contributed by atoms with Crippen molar-refractivity contribution in [1.82, 2.24) is 9.97 Å². The number of aromatic nitrogens is 2. The van der Waals surface area contributed by atoms with E-state index < -0.39 is 4.92 Å². The van der Waals surface area contributed by atoms with Crippen molar-refractivity contribution < 1.29 is 4.92 Å². The highest BCUT2D eigenvalue weighted by Gasteiger charge is 2.15. The number of hydrogen-bond donors (Lipinski definition) is 0. The summed E-state index contributed by atoms with van der Waals surface area (Å²) < 4.78 is 0. The average molecular weight is 359 g/mol. The van der Waals surface area contributed by atoms with Crippen LogP contribution in [-0.2, 0) is 0 Å². The molecule has 0 amide bonds. The fraction of sp³-hybridized carbons (Fsp3) is 0.222. The van der Waals surface area contributed by atoms with E-state index in [1.54, 1.807) is 6.07 Å². The molecular formula is C18H19ClN4O2. The van der Waals surface area contributed by atoms with Crippen molar-refractivity contribution >= 4 is 39.7 Å². The van der Waals surface area contributed by atoms with Crippen LogP contribution in [0.15, 0.2) is 42.5 Å². The van der Waals surface area contributed by atoms with Crippen LogP contribution in [-0.4, -0.2) is 21.9 Å². The fourth-order valence-corrected chi connectivity index (χ4v) is 2.57. The zero-order valence-electron chi connectivity index (χ0n) is 14.5. The Labute approximate surface area is 151 Å². The number of fused-ring (bicyclic) bond motifs is 1. The highest BCUT2D eigenvalue weighted by atomic mass is 35.5.